The SMILES string of the molecule is [2H]C([2H])([2H])Oc1c(N)ccc2ccccc12. The van der Waals surface area contributed by atoms with Gasteiger partial charge >= 0.3 is 0 Å². The Morgan fingerprint density at radius 3 is 2.92 bits per heavy atom. The Morgan fingerprint density at radius 1 is 1.23 bits per heavy atom. The fourth-order valence-electron chi connectivity index (χ4n) is 1.37. The van der Waals surface area contributed by atoms with E-state index in [1.165, 1.54) is 0 Å². The second kappa shape index (κ2) is 2.98. The number of methoxy groups -OCH3 is 1. The van der Waals surface area contributed by atoms with E-state index < -0.39 is 7.04 Å². The molecule has 0 amide bonds. The van der Waals surface area contributed by atoms with Crippen molar-refractivity contribution in [3.05, 3.63) is 36.4 Å². The first-order valence-electron chi connectivity index (χ1n) is 5.43. The van der Waals surface area contributed by atoms with Crippen molar-refractivity contribution < 1.29 is 8.85 Å². The summed E-state index contributed by atoms with van der Waals surface area (Å²) in [7, 11) is -2.49. The summed E-state index contributed by atoms with van der Waals surface area (Å²) in [5.41, 5.74) is 6.05. The minimum Gasteiger partial charge on any atom is -0.494 e. The van der Waals surface area contributed by atoms with Gasteiger partial charge in [0.1, 0.15) is 5.75 Å². The van der Waals surface area contributed by atoms with Crippen LogP contribution in [-0.2, 0) is 0 Å². The van der Waals surface area contributed by atoms with E-state index in [-0.39, 0.29) is 5.75 Å². The van der Waals surface area contributed by atoms with Crippen LogP contribution < -0.4 is 10.5 Å². The van der Waals surface area contributed by atoms with Gasteiger partial charge in [0.15, 0.2) is 0 Å². The number of fused-ring (bicyclic) bond motifs is 1. The number of nitrogen functional groups attached to an aromatic ring is 1. The van der Waals surface area contributed by atoms with Gasteiger partial charge in [0, 0.05) is 5.39 Å². The normalized spacial score (nSPS) is 14.6. The molecule has 66 valence electrons. The maximum absolute atomic E-state index is 7.10. The molecule has 0 radical (unpaired) electrons. The van der Waals surface area contributed by atoms with Crippen molar-refractivity contribution in [1.82, 2.24) is 0 Å². The molecule has 0 spiro atoms. The molecule has 0 unspecified atom stereocenters. The van der Waals surface area contributed by atoms with Gasteiger partial charge in [-0.3, -0.25) is 0 Å². The monoisotopic (exact) mass is 176 g/mol. The van der Waals surface area contributed by atoms with Crippen LogP contribution in [0.2, 0.25) is 0 Å². The van der Waals surface area contributed by atoms with E-state index in [0.717, 1.165) is 5.39 Å². The molecular formula is C11H11NO. The largest absolute Gasteiger partial charge is 0.494 e. The zero-order valence-electron chi connectivity index (χ0n) is 9.95. The van der Waals surface area contributed by atoms with Gasteiger partial charge in [-0.1, -0.05) is 30.3 Å². The van der Waals surface area contributed by atoms with Gasteiger partial charge in [-0.15, -0.1) is 0 Å². The third-order valence-electron chi connectivity index (χ3n) is 2.01. The Kier molecular flexibility index (Phi) is 1.17. The standard InChI is InChI=1S/C11H11NO/c1-13-11-9-5-3-2-4-8(9)6-7-10(11)12/h2-7H,12H2,1H3/i1D3. The summed E-state index contributed by atoms with van der Waals surface area (Å²) < 4.78 is 26.2. The van der Waals surface area contributed by atoms with E-state index in [1.54, 1.807) is 12.1 Å². The van der Waals surface area contributed by atoms with Crippen molar-refractivity contribution in [3.63, 3.8) is 0 Å². The van der Waals surface area contributed by atoms with Gasteiger partial charge in [0.25, 0.3) is 0 Å². The highest BCUT2D eigenvalue weighted by atomic mass is 16.5. The molecule has 2 heteroatoms. The van der Waals surface area contributed by atoms with Gasteiger partial charge in [-0.05, 0) is 11.5 Å². The molecular weight excluding hydrogens is 162 g/mol. The van der Waals surface area contributed by atoms with Crippen LogP contribution in [-0.4, -0.2) is 7.04 Å². The fraction of sp³-hybridized carbons (Fsp3) is 0.0909. The van der Waals surface area contributed by atoms with Crippen molar-refractivity contribution in [3.8, 4) is 5.75 Å². The number of hydrogen-bond acceptors (Lipinski definition) is 2. The van der Waals surface area contributed by atoms with Crippen LogP contribution in [0.1, 0.15) is 4.11 Å². The molecule has 13 heavy (non-hydrogen) atoms. The molecule has 2 rings (SSSR count). The van der Waals surface area contributed by atoms with Gasteiger partial charge in [0.2, 0.25) is 0 Å². The number of benzene rings is 2. The maximum Gasteiger partial charge on any atom is 0.149 e. The fourth-order valence-corrected chi connectivity index (χ4v) is 1.37. The third-order valence-corrected chi connectivity index (χ3v) is 2.01. The molecule has 0 aliphatic rings. The van der Waals surface area contributed by atoms with Gasteiger partial charge in [-0.25, -0.2) is 0 Å². The molecule has 0 saturated heterocycles. The Hall–Kier alpha value is -1.70. The minimum absolute atomic E-state index is 0.220. The van der Waals surface area contributed by atoms with E-state index >= 15 is 0 Å². The Labute approximate surface area is 81.1 Å². The topological polar surface area (TPSA) is 35.2 Å². The average Bonchev–Trinajstić information content (AvgIpc) is 2.21. The van der Waals surface area contributed by atoms with E-state index in [4.69, 9.17) is 14.6 Å². The molecule has 2 N–H and O–H groups in total. The maximum atomic E-state index is 7.10. The summed E-state index contributed by atoms with van der Waals surface area (Å²) in [6.45, 7) is 0. The smallest absolute Gasteiger partial charge is 0.149 e. The van der Waals surface area contributed by atoms with Gasteiger partial charge in [-0.2, -0.15) is 0 Å². The average molecular weight is 176 g/mol. The van der Waals surface area contributed by atoms with Crippen LogP contribution in [0, 0.1) is 0 Å². The highest BCUT2D eigenvalue weighted by Crippen LogP contribution is 2.30. The predicted molar refractivity (Wildman–Crippen MR) is 54.9 cm³/mol. The van der Waals surface area contributed by atoms with Crippen LogP contribution in [0.15, 0.2) is 36.4 Å². The van der Waals surface area contributed by atoms with Crippen LogP contribution in [0.5, 0.6) is 5.75 Å². The highest BCUT2D eigenvalue weighted by Gasteiger charge is 2.03. The van der Waals surface area contributed by atoms with Crippen molar-refractivity contribution in [2.75, 3.05) is 12.8 Å². The molecule has 0 aliphatic heterocycles. The van der Waals surface area contributed by atoms with Crippen molar-refractivity contribution in [2.45, 2.75) is 0 Å². The quantitative estimate of drug-likeness (QED) is 0.677. The molecule has 0 saturated carbocycles. The molecule has 0 aromatic heterocycles. The van der Waals surface area contributed by atoms with Crippen molar-refractivity contribution >= 4 is 16.5 Å². The molecule has 2 aromatic rings. The Bertz CT molecular complexity index is 522. The van der Waals surface area contributed by atoms with Crippen molar-refractivity contribution in [1.29, 1.82) is 0 Å². The Morgan fingerprint density at radius 2 is 2.08 bits per heavy atom. The summed E-state index contributed by atoms with van der Waals surface area (Å²) in [6.07, 6.45) is 0. The molecule has 0 fully saturated rings. The Balaban J connectivity index is 2.62. The highest BCUT2D eigenvalue weighted by molar-refractivity contribution is 5.92. The molecule has 0 bridgehead atoms. The molecule has 0 atom stereocenters. The van der Waals surface area contributed by atoms with Crippen LogP contribution >= 0.6 is 0 Å². The van der Waals surface area contributed by atoms with Crippen LogP contribution in [0.25, 0.3) is 10.8 Å². The minimum atomic E-state index is -2.49. The second-order valence-corrected chi connectivity index (χ2v) is 2.81. The number of hydrogen-bond donors (Lipinski definition) is 1. The summed E-state index contributed by atoms with van der Waals surface area (Å²) >= 11 is 0. The summed E-state index contributed by atoms with van der Waals surface area (Å²) in [6, 6.07) is 10.8. The zero-order chi connectivity index (χ0) is 11.8. The lowest BCUT2D eigenvalue weighted by molar-refractivity contribution is 0.422. The lowest BCUT2D eigenvalue weighted by atomic mass is 10.1. The van der Waals surface area contributed by atoms with E-state index in [1.807, 2.05) is 24.3 Å². The summed E-state index contributed by atoms with van der Waals surface area (Å²) in [5, 5.41) is 1.61. The lowest BCUT2D eigenvalue weighted by Crippen LogP contribution is -1.92. The number of ether oxygens (including phenoxy) is 1. The lowest BCUT2D eigenvalue weighted by Gasteiger charge is -2.07. The molecule has 0 heterocycles. The molecule has 2 aromatic carbocycles. The number of anilines is 1. The van der Waals surface area contributed by atoms with E-state index in [9.17, 15) is 0 Å². The summed E-state index contributed by atoms with van der Waals surface area (Å²) in [5.74, 6) is 0.220. The van der Waals surface area contributed by atoms with Crippen LogP contribution in [0.3, 0.4) is 0 Å². The number of rotatable bonds is 1. The second-order valence-electron chi connectivity index (χ2n) is 2.81. The first-order chi connectivity index (χ1) is 7.47. The first-order valence-corrected chi connectivity index (χ1v) is 3.93. The zero-order valence-corrected chi connectivity index (χ0v) is 6.95. The van der Waals surface area contributed by atoms with Gasteiger partial charge in [0.05, 0.1) is 16.8 Å². The third kappa shape index (κ3) is 1.20. The molecule has 0 aliphatic carbocycles. The van der Waals surface area contributed by atoms with E-state index in [2.05, 4.69) is 0 Å². The van der Waals surface area contributed by atoms with Crippen molar-refractivity contribution in [2.24, 2.45) is 0 Å². The predicted octanol–water partition coefficient (Wildman–Crippen LogP) is 2.43. The van der Waals surface area contributed by atoms with Gasteiger partial charge < -0.3 is 10.5 Å². The van der Waals surface area contributed by atoms with Crippen LogP contribution in [0.4, 0.5) is 5.69 Å². The summed E-state index contributed by atoms with van der Waals surface area (Å²) in [4.78, 5) is 0. The van der Waals surface area contributed by atoms with E-state index in [0.29, 0.717) is 11.1 Å². The first kappa shape index (κ1) is 5.12. The number of nitrogens with two attached hydrogens (primary N) is 1. The molecule has 2 nitrogen and oxygen atoms in total.